The number of H-pyrrole nitrogens is 1. The SMILES string of the molecule is N#C[C@@H]1CC(F)(F)CN1C(=O)CCC(=O)c1ccc(=O)[nH]c1. The van der Waals surface area contributed by atoms with Gasteiger partial charge in [-0.3, -0.25) is 14.4 Å². The van der Waals surface area contributed by atoms with Gasteiger partial charge in [0.15, 0.2) is 5.78 Å². The summed E-state index contributed by atoms with van der Waals surface area (Å²) < 4.78 is 26.5. The van der Waals surface area contributed by atoms with Crippen molar-refractivity contribution in [1.29, 1.82) is 5.26 Å². The number of nitriles is 1. The van der Waals surface area contributed by atoms with Gasteiger partial charge in [0.1, 0.15) is 6.04 Å². The van der Waals surface area contributed by atoms with Crippen LogP contribution in [-0.2, 0) is 4.79 Å². The predicted octanol–water partition coefficient (Wildman–Crippen LogP) is 1.10. The Balaban J connectivity index is 1.95. The molecule has 8 heteroatoms. The maximum absolute atomic E-state index is 13.2. The number of carbonyl (C=O) groups is 2. The van der Waals surface area contributed by atoms with E-state index in [-0.39, 0.29) is 29.7 Å². The molecule has 1 atom stereocenters. The summed E-state index contributed by atoms with van der Waals surface area (Å²) in [4.78, 5) is 37.8. The van der Waals surface area contributed by atoms with Gasteiger partial charge in [-0.25, -0.2) is 8.78 Å². The van der Waals surface area contributed by atoms with Crippen LogP contribution < -0.4 is 5.56 Å². The van der Waals surface area contributed by atoms with E-state index in [1.165, 1.54) is 18.3 Å². The van der Waals surface area contributed by atoms with E-state index in [1.807, 2.05) is 0 Å². The zero-order valence-electron chi connectivity index (χ0n) is 11.5. The highest BCUT2D eigenvalue weighted by Gasteiger charge is 2.46. The maximum atomic E-state index is 13.2. The van der Waals surface area contributed by atoms with Crippen molar-refractivity contribution in [2.75, 3.05) is 6.54 Å². The molecule has 1 aromatic heterocycles. The molecule has 0 unspecified atom stereocenters. The van der Waals surface area contributed by atoms with Crippen molar-refractivity contribution in [2.24, 2.45) is 0 Å². The lowest BCUT2D eigenvalue weighted by Gasteiger charge is -2.18. The van der Waals surface area contributed by atoms with Crippen LogP contribution in [0.2, 0.25) is 0 Å². The van der Waals surface area contributed by atoms with Gasteiger partial charge in [-0.2, -0.15) is 5.26 Å². The Kier molecular flexibility index (Phi) is 4.35. The molecule has 1 saturated heterocycles. The molecule has 0 radical (unpaired) electrons. The van der Waals surface area contributed by atoms with E-state index in [4.69, 9.17) is 5.26 Å². The van der Waals surface area contributed by atoms with Crippen molar-refractivity contribution < 1.29 is 18.4 Å². The summed E-state index contributed by atoms with van der Waals surface area (Å²) in [5.74, 6) is -4.11. The number of aromatic nitrogens is 1. The van der Waals surface area contributed by atoms with Gasteiger partial charge in [0.05, 0.1) is 12.6 Å². The molecule has 0 aromatic carbocycles. The molecule has 1 amide bonds. The van der Waals surface area contributed by atoms with Crippen LogP contribution in [0.25, 0.3) is 0 Å². The van der Waals surface area contributed by atoms with Crippen LogP contribution >= 0.6 is 0 Å². The number of Topliss-reactive ketones (excluding diaryl/α,β-unsaturated/α-hetero) is 1. The van der Waals surface area contributed by atoms with E-state index in [0.717, 1.165) is 4.90 Å². The summed E-state index contributed by atoms with van der Waals surface area (Å²) in [6, 6.07) is 3.02. The third-order valence-electron chi connectivity index (χ3n) is 3.41. The second kappa shape index (κ2) is 6.05. The number of rotatable bonds is 4. The molecular weight excluding hydrogens is 296 g/mol. The van der Waals surface area contributed by atoms with E-state index >= 15 is 0 Å². The summed E-state index contributed by atoms with van der Waals surface area (Å²) in [7, 11) is 0. The molecule has 0 saturated carbocycles. The zero-order chi connectivity index (χ0) is 16.3. The first-order valence-electron chi connectivity index (χ1n) is 6.61. The Morgan fingerprint density at radius 2 is 2.14 bits per heavy atom. The van der Waals surface area contributed by atoms with Gasteiger partial charge < -0.3 is 9.88 Å². The molecule has 0 spiro atoms. The van der Waals surface area contributed by atoms with Crippen LogP contribution in [0, 0.1) is 11.3 Å². The van der Waals surface area contributed by atoms with Crippen molar-refractivity contribution in [3.8, 4) is 6.07 Å². The number of ketones is 1. The number of hydrogen-bond acceptors (Lipinski definition) is 4. The quantitative estimate of drug-likeness (QED) is 0.843. The minimum Gasteiger partial charge on any atom is -0.328 e. The van der Waals surface area contributed by atoms with Gasteiger partial charge in [0.25, 0.3) is 5.92 Å². The fourth-order valence-electron chi connectivity index (χ4n) is 2.29. The molecule has 6 nitrogen and oxygen atoms in total. The van der Waals surface area contributed by atoms with E-state index in [1.54, 1.807) is 6.07 Å². The molecule has 2 rings (SSSR count). The molecule has 1 fully saturated rings. The number of nitrogens with zero attached hydrogens (tertiary/aromatic N) is 2. The monoisotopic (exact) mass is 309 g/mol. The van der Waals surface area contributed by atoms with Gasteiger partial charge in [-0.1, -0.05) is 0 Å². The lowest BCUT2D eigenvalue weighted by Crippen LogP contribution is -2.36. The summed E-state index contributed by atoms with van der Waals surface area (Å²) in [6.45, 7) is -0.795. The summed E-state index contributed by atoms with van der Waals surface area (Å²) in [5.41, 5.74) is -0.125. The largest absolute Gasteiger partial charge is 0.328 e. The number of aromatic amines is 1. The summed E-state index contributed by atoms with van der Waals surface area (Å²) in [5, 5.41) is 8.82. The topological polar surface area (TPSA) is 94.0 Å². The fourth-order valence-corrected chi connectivity index (χ4v) is 2.29. The number of amides is 1. The lowest BCUT2D eigenvalue weighted by atomic mass is 10.1. The van der Waals surface area contributed by atoms with Gasteiger partial charge >= 0.3 is 0 Å². The maximum Gasteiger partial charge on any atom is 0.268 e. The number of carbonyl (C=O) groups excluding carboxylic acids is 2. The number of likely N-dealkylation sites (tertiary alicyclic amines) is 1. The van der Waals surface area contributed by atoms with Crippen LogP contribution in [0.3, 0.4) is 0 Å². The Bertz CT molecular complexity index is 673. The van der Waals surface area contributed by atoms with Crippen molar-refractivity contribution in [3.63, 3.8) is 0 Å². The van der Waals surface area contributed by atoms with Crippen molar-refractivity contribution in [1.82, 2.24) is 9.88 Å². The molecule has 1 aromatic rings. The second-order valence-corrected chi connectivity index (χ2v) is 5.09. The van der Waals surface area contributed by atoms with E-state index in [0.29, 0.717) is 0 Å². The number of nitrogens with one attached hydrogen (secondary N) is 1. The molecule has 22 heavy (non-hydrogen) atoms. The normalized spacial score (nSPS) is 19.7. The number of hydrogen-bond donors (Lipinski definition) is 1. The van der Waals surface area contributed by atoms with Crippen molar-refractivity contribution >= 4 is 11.7 Å². The standard InChI is InChI=1S/C14H13F2N3O3/c15-14(16)5-10(6-17)19(8-14)13(22)4-2-11(20)9-1-3-12(21)18-7-9/h1,3,7,10H,2,4-5,8H2,(H,18,21)/t10-/m0/s1. The van der Waals surface area contributed by atoms with Crippen LogP contribution in [0.15, 0.2) is 23.1 Å². The summed E-state index contributed by atoms with van der Waals surface area (Å²) >= 11 is 0. The van der Waals surface area contributed by atoms with E-state index in [2.05, 4.69) is 4.98 Å². The Morgan fingerprint density at radius 3 is 2.73 bits per heavy atom. The van der Waals surface area contributed by atoms with Gasteiger partial charge in [0, 0.05) is 37.1 Å². The lowest BCUT2D eigenvalue weighted by molar-refractivity contribution is -0.132. The van der Waals surface area contributed by atoms with E-state index in [9.17, 15) is 23.2 Å². The van der Waals surface area contributed by atoms with Crippen LogP contribution in [-0.4, -0.2) is 40.1 Å². The predicted molar refractivity (Wildman–Crippen MR) is 71.3 cm³/mol. The van der Waals surface area contributed by atoms with Crippen molar-refractivity contribution in [2.45, 2.75) is 31.2 Å². The summed E-state index contributed by atoms with van der Waals surface area (Å²) in [6.07, 6.45) is 0.123. The van der Waals surface area contributed by atoms with Crippen LogP contribution in [0.1, 0.15) is 29.6 Å². The second-order valence-electron chi connectivity index (χ2n) is 5.09. The first-order valence-corrected chi connectivity index (χ1v) is 6.61. The molecule has 1 aliphatic rings. The Hall–Kier alpha value is -2.56. The highest BCUT2D eigenvalue weighted by Crippen LogP contribution is 2.32. The fraction of sp³-hybridized carbons (Fsp3) is 0.429. The third-order valence-corrected chi connectivity index (χ3v) is 3.41. The average Bonchev–Trinajstić information content (AvgIpc) is 2.80. The van der Waals surface area contributed by atoms with Gasteiger partial charge in [-0.05, 0) is 6.07 Å². The van der Waals surface area contributed by atoms with E-state index < -0.39 is 30.8 Å². The first-order chi connectivity index (χ1) is 10.3. The molecule has 1 N–H and O–H groups in total. The van der Waals surface area contributed by atoms with Gasteiger partial charge in [-0.15, -0.1) is 0 Å². The first kappa shape index (κ1) is 15.8. The van der Waals surface area contributed by atoms with Crippen LogP contribution in [0.4, 0.5) is 8.78 Å². The number of pyridine rings is 1. The van der Waals surface area contributed by atoms with Gasteiger partial charge in [0.2, 0.25) is 11.5 Å². The molecular formula is C14H13F2N3O3. The number of halogens is 2. The molecule has 1 aliphatic heterocycles. The van der Waals surface area contributed by atoms with Crippen LogP contribution in [0.5, 0.6) is 0 Å². The highest BCUT2D eigenvalue weighted by atomic mass is 19.3. The minimum absolute atomic E-state index is 0.175. The average molecular weight is 309 g/mol. The minimum atomic E-state index is -3.07. The Labute approximate surface area is 124 Å². The molecule has 116 valence electrons. The third kappa shape index (κ3) is 3.55. The number of alkyl halides is 2. The highest BCUT2D eigenvalue weighted by molar-refractivity contribution is 5.97. The zero-order valence-corrected chi connectivity index (χ0v) is 11.5. The smallest absolute Gasteiger partial charge is 0.268 e. The van der Waals surface area contributed by atoms with Crippen molar-refractivity contribution in [3.05, 3.63) is 34.2 Å². The molecule has 2 heterocycles. The molecule has 0 aliphatic carbocycles. The Morgan fingerprint density at radius 1 is 1.41 bits per heavy atom. The molecule has 0 bridgehead atoms.